The van der Waals surface area contributed by atoms with Gasteiger partial charge < -0.3 is 10.6 Å². The molecule has 112 valence electrons. The second kappa shape index (κ2) is 6.74. The number of carbonyl (C=O) groups excluding carboxylic acids is 1. The largest absolute Gasteiger partial charge is 0.316 e. The van der Waals surface area contributed by atoms with E-state index in [4.69, 9.17) is 0 Å². The van der Waals surface area contributed by atoms with Crippen molar-refractivity contribution in [2.24, 2.45) is 5.92 Å². The zero-order valence-electron chi connectivity index (χ0n) is 11.9. The van der Waals surface area contributed by atoms with Crippen molar-refractivity contribution in [3.05, 3.63) is 42.1 Å². The monoisotopic (exact) mass is 306 g/mol. The molecule has 3 rings (SSSR count). The van der Waals surface area contributed by atoms with Crippen molar-refractivity contribution in [1.29, 1.82) is 0 Å². The lowest BCUT2D eigenvalue weighted by molar-refractivity contribution is -0.119. The summed E-state index contributed by atoms with van der Waals surface area (Å²) in [6.07, 6.45) is 2.60. The molecular weight excluding hydrogens is 288 g/mol. The van der Waals surface area contributed by atoms with E-state index >= 15 is 0 Å². The van der Waals surface area contributed by atoms with Crippen LogP contribution in [-0.4, -0.2) is 28.8 Å². The maximum absolute atomic E-state index is 12.2. The van der Waals surface area contributed by atoms with E-state index in [9.17, 15) is 4.79 Å². The van der Waals surface area contributed by atoms with E-state index in [0.29, 0.717) is 0 Å². The standard InChI is InChI=1S/C15H18N4O.ClH/c1-11-4-2-3-5-13(11)19-14(7-9-17-19)18-15(20)12-6-8-16-10-12;/h2-5,7,9,12,16H,6,8,10H2,1H3,(H,18,20);1H. The topological polar surface area (TPSA) is 59.0 Å². The fourth-order valence-corrected chi connectivity index (χ4v) is 2.50. The van der Waals surface area contributed by atoms with Gasteiger partial charge in [-0.25, -0.2) is 4.68 Å². The van der Waals surface area contributed by atoms with Crippen molar-refractivity contribution in [3.63, 3.8) is 0 Å². The maximum Gasteiger partial charge on any atom is 0.229 e. The molecule has 1 aromatic heterocycles. The summed E-state index contributed by atoms with van der Waals surface area (Å²) >= 11 is 0. The van der Waals surface area contributed by atoms with Crippen LogP contribution in [0.3, 0.4) is 0 Å². The molecular formula is C15H19ClN4O. The SMILES string of the molecule is Cc1ccccc1-n1nccc1NC(=O)C1CCNC1.Cl. The third-order valence-corrected chi connectivity index (χ3v) is 3.67. The number of nitrogens with one attached hydrogen (secondary N) is 2. The number of aromatic nitrogens is 2. The number of anilines is 1. The van der Waals surface area contributed by atoms with E-state index in [0.717, 1.165) is 36.6 Å². The highest BCUT2D eigenvalue weighted by molar-refractivity contribution is 5.92. The van der Waals surface area contributed by atoms with Crippen LogP contribution in [0.1, 0.15) is 12.0 Å². The van der Waals surface area contributed by atoms with Crippen LogP contribution in [0, 0.1) is 12.8 Å². The molecule has 1 saturated heterocycles. The van der Waals surface area contributed by atoms with E-state index in [2.05, 4.69) is 15.7 Å². The summed E-state index contributed by atoms with van der Waals surface area (Å²) in [5.41, 5.74) is 2.10. The number of amides is 1. The molecule has 1 amide bonds. The molecule has 5 nitrogen and oxygen atoms in total. The first kappa shape index (κ1) is 15.5. The molecule has 0 bridgehead atoms. The summed E-state index contributed by atoms with van der Waals surface area (Å²) in [7, 11) is 0. The van der Waals surface area contributed by atoms with Crippen LogP contribution in [0.25, 0.3) is 5.69 Å². The lowest BCUT2D eigenvalue weighted by Crippen LogP contribution is -2.25. The zero-order chi connectivity index (χ0) is 13.9. The van der Waals surface area contributed by atoms with Gasteiger partial charge in [-0.05, 0) is 31.5 Å². The summed E-state index contributed by atoms with van der Waals surface area (Å²) < 4.78 is 1.77. The molecule has 1 aliphatic heterocycles. The zero-order valence-corrected chi connectivity index (χ0v) is 12.7. The number of hydrogen-bond acceptors (Lipinski definition) is 3. The van der Waals surface area contributed by atoms with Crippen molar-refractivity contribution in [2.75, 3.05) is 18.4 Å². The Morgan fingerprint density at radius 2 is 2.19 bits per heavy atom. The van der Waals surface area contributed by atoms with E-state index in [1.165, 1.54) is 0 Å². The van der Waals surface area contributed by atoms with Crippen LogP contribution in [-0.2, 0) is 4.79 Å². The smallest absolute Gasteiger partial charge is 0.229 e. The van der Waals surface area contributed by atoms with E-state index < -0.39 is 0 Å². The Morgan fingerprint density at radius 3 is 2.90 bits per heavy atom. The van der Waals surface area contributed by atoms with E-state index in [-0.39, 0.29) is 24.2 Å². The maximum atomic E-state index is 12.2. The van der Waals surface area contributed by atoms with Crippen LogP contribution in [0.2, 0.25) is 0 Å². The summed E-state index contributed by atoms with van der Waals surface area (Å²) in [6, 6.07) is 9.81. The number of rotatable bonds is 3. The van der Waals surface area contributed by atoms with Gasteiger partial charge in [-0.15, -0.1) is 12.4 Å². The molecule has 0 radical (unpaired) electrons. The summed E-state index contributed by atoms with van der Waals surface area (Å²) in [5, 5.41) is 10.5. The minimum absolute atomic E-state index is 0. The van der Waals surface area contributed by atoms with Gasteiger partial charge >= 0.3 is 0 Å². The fraction of sp³-hybridized carbons (Fsp3) is 0.333. The molecule has 0 aliphatic carbocycles. The van der Waals surface area contributed by atoms with Gasteiger partial charge in [0, 0.05) is 12.6 Å². The van der Waals surface area contributed by atoms with Gasteiger partial charge in [0.15, 0.2) is 0 Å². The first-order chi connectivity index (χ1) is 9.75. The second-order valence-corrected chi connectivity index (χ2v) is 5.09. The number of carbonyl (C=O) groups is 1. The Kier molecular flexibility index (Phi) is 4.98. The minimum atomic E-state index is 0. The van der Waals surface area contributed by atoms with Crippen LogP contribution in [0.4, 0.5) is 5.82 Å². The number of benzene rings is 1. The highest BCUT2D eigenvalue weighted by Gasteiger charge is 2.23. The Balaban J connectivity index is 0.00000161. The van der Waals surface area contributed by atoms with Crippen molar-refractivity contribution in [3.8, 4) is 5.69 Å². The first-order valence-corrected chi connectivity index (χ1v) is 6.87. The highest BCUT2D eigenvalue weighted by atomic mass is 35.5. The number of para-hydroxylation sites is 1. The molecule has 1 aromatic carbocycles. The quantitative estimate of drug-likeness (QED) is 0.913. The third-order valence-electron chi connectivity index (χ3n) is 3.67. The number of halogens is 1. The lowest BCUT2D eigenvalue weighted by atomic mass is 10.1. The molecule has 2 heterocycles. The summed E-state index contributed by atoms with van der Waals surface area (Å²) in [4.78, 5) is 12.2. The second-order valence-electron chi connectivity index (χ2n) is 5.09. The molecule has 6 heteroatoms. The number of nitrogens with zero attached hydrogens (tertiary/aromatic N) is 2. The molecule has 1 aliphatic rings. The molecule has 2 N–H and O–H groups in total. The van der Waals surface area contributed by atoms with Gasteiger partial charge in [0.05, 0.1) is 17.8 Å². The van der Waals surface area contributed by atoms with Gasteiger partial charge in [-0.2, -0.15) is 5.10 Å². The van der Waals surface area contributed by atoms with E-state index in [1.807, 2.05) is 37.3 Å². The molecule has 1 fully saturated rings. The van der Waals surface area contributed by atoms with Gasteiger partial charge in [-0.1, -0.05) is 18.2 Å². The van der Waals surface area contributed by atoms with Crippen LogP contribution in [0.5, 0.6) is 0 Å². The fourth-order valence-electron chi connectivity index (χ4n) is 2.50. The van der Waals surface area contributed by atoms with Gasteiger partial charge in [-0.3, -0.25) is 4.79 Å². The van der Waals surface area contributed by atoms with Gasteiger partial charge in [0.25, 0.3) is 0 Å². The van der Waals surface area contributed by atoms with Crippen molar-refractivity contribution in [2.45, 2.75) is 13.3 Å². The van der Waals surface area contributed by atoms with Gasteiger partial charge in [0.1, 0.15) is 5.82 Å². The molecule has 2 aromatic rings. The molecule has 1 atom stereocenters. The Morgan fingerprint density at radius 1 is 1.38 bits per heavy atom. The normalized spacial score (nSPS) is 17.3. The molecule has 0 saturated carbocycles. The van der Waals surface area contributed by atoms with Crippen LogP contribution < -0.4 is 10.6 Å². The number of hydrogen-bond donors (Lipinski definition) is 2. The number of aryl methyl sites for hydroxylation is 1. The minimum Gasteiger partial charge on any atom is -0.316 e. The van der Waals surface area contributed by atoms with E-state index in [1.54, 1.807) is 10.9 Å². The Bertz CT molecular complexity index is 620. The van der Waals surface area contributed by atoms with Crippen molar-refractivity contribution < 1.29 is 4.79 Å². The van der Waals surface area contributed by atoms with Crippen molar-refractivity contribution in [1.82, 2.24) is 15.1 Å². The van der Waals surface area contributed by atoms with Crippen molar-refractivity contribution >= 4 is 24.1 Å². The Labute approximate surface area is 130 Å². The Hall–Kier alpha value is -1.85. The average Bonchev–Trinajstić information content (AvgIpc) is 3.10. The van der Waals surface area contributed by atoms with Gasteiger partial charge in [0.2, 0.25) is 5.91 Å². The molecule has 0 spiro atoms. The summed E-state index contributed by atoms with van der Waals surface area (Å²) in [6.45, 7) is 3.70. The first-order valence-electron chi connectivity index (χ1n) is 6.87. The molecule has 21 heavy (non-hydrogen) atoms. The summed E-state index contributed by atoms with van der Waals surface area (Å²) in [5.74, 6) is 0.830. The third kappa shape index (κ3) is 3.25. The van der Waals surface area contributed by atoms with Crippen LogP contribution >= 0.6 is 12.4 Å². The lowest BCUT2D eigenvalue weighted by Gasteiger charge is -2.13. The predicted octanol–water partition coefficient (Wildman–Crippen LogP) is 2.15. The highest BCUT2D eigenvalue weighted by Crippen LogP contribution is 2.19. The average molecular weight is 307 g/mol. The molecule has 1 unspecified atom stereocenters. The van der Waals surface area contributed by atoms with Crippen LogP contribution in [0.15, 0.2) is 36.5 Å². The predicted molar refractivity (Wildman–Crippen MR) is 85.2 cm³/mol.